The zero-order chi connectivity index (χ0) is 7.94. The molecule has 1 N–H and O–H groups in total. The minimum Gasteiger partial charge on any atom is -0.314 e. The molecular formula is C9H17N2. The first-order chi connectivity index (χ1) is 5.43. The van der Waals surface area contributed by atoms with Crippen LogP contribution in [0.1, 0.15) is 6.42 Å². The average Bonchev–Trinajstić information content (AvgIpc) is 2.07. The smallest absolute Gasteiger partial charge is 0.0107 e. The molecule has 0 aromatic rings. The highest BCUT2D eigenvalue weighted by molar-refractivity contribution is 4.84. The molecule has 2 nitrogen and oxygen atoms in total. The van der Waals surface area contributed by atoms with E-state index in [0.717, 1.165) is 19.5 Å². The van der Waals surface area contributed by atoms with E-state index < -0.39 is 0 Å². The molecule has 2 heteroatoms. The van der Waals surface area contributed by atoms with Crippen molar-refractivity contribution in [1.29, 1.82) is 0 Å². The van der Waals surface area contributed by atoms with E-state index in [1.165, 1.54) is 19.6 Å². The summed E-state index contributed by atoms with van der Waals surface area (Å²) >= 11 is 0. The molecule has 11 heavy (non-hydrogen) atoms. The molecule has 0 aliphatic carbocycles. The van der Waals surface area contributed by atoms with Gasteiger partial charge in [-0.05, 0) is 13.3 Å². The van der Waals surface area contributed by atoms with Crippen molar-refractivity contribution in [1.82, 2.24) is 10.2 Å². The molecule has 1 rings (SSSR count). The molecule has 1 fully saturated rings. The molecule has 0 unspecified atom stereocenters. The molecule has 1 heterocycles. The fourth-order valence-corrected chi connectivity index (χ4v) is 1.31. The maximum absolute atomic E-state index is 3.66. The third-order valence-electron chi connectivity index (χ3n) is 1.99. The summed E-state index contributed by atoms with van der Waals surface area (Å²) in [5, 5.41) is 3.33. The Kier molecular flexibility index (Phi) is 4.24. The maximum atomic E-state index is 3.66. The molecular weight excluding hydrogens is 136 g/mol. The van der Waals surface area contributed by atoms with E-state index in [2.05, 4.69) is 23.2 Å². The van der Waals surface area contributed by atoms with Crippen LogP contribution in [0.3, 0.4) is 0 Å². The first kappa shape index (κ1) is 8.75. The first-order valence-corrected chi connectivity index (χ1v) is 4.31. The highest BCUT2D eigenvalue weighted by atomic mass is 15.2. The lowest BCUT2D eigenvalue weighted by Gasteiger charge is -2.26. The number of piperazine rings is 1. The number of hydrogen-bond acceptors (Lipinski definition) is 2. The van der Waals surface area contributed by atoms with Crippen LogP contribution >= 0.6 is 0 Å². The normalized spacial score (nSPS) is 21.2. The van der Waals surface area contributed by atoms with Gasteiger partial charge in [0.25, 0.3) is 0 Å². The quantitative estimate of drug-likeness (QED) is 0.641. The number of allylic oxidation sites excluding steroid dienone is 1. The van der Waals surface area contributed by atoms with Crippen molar-refractivity contribution in [3.05, 3.63) is 19.1 Å². The zero-order valence-electron chi connectivity index (χ0n) is 7.05. The van der Waals surface area contributed by atoms with E-state index in [4.69, 9.17) is 0 Å². The van der Waals surface area contributed by atoms with Crippen LogP contribution < -0.4 is 5.32 Å². The summed E-state index contributed by atoms with van der Waals surface area (Å²) in [5.74, 6) is 0. The van der Waals surface area contributed by atoms with Gasteiger partial charge >= 0.3 is 0 Å². The minimum absolute atomic E-state index is 1.14. The van der Waals surface area contributed by atoms with E-state index in [0.29, 0.717) is 0 Å². The highest BCUT2D eigenvalue weighted by Gasteiger charge is 2.06. The van der Waals surface area contributed by atoms with Gasteiger partial charge in [-0.25, -0.2) is 0 Å². The van der Waals surface area contributed by atoms with Crippen molar-refractivity contribution in [3.8, 4) is 0 Å². The summed E-state index contributed by atoms with van der Waals surface area (Å²) < 4.78 is 0. The SMILES string of the molecule is [CH2]C=CCCN1CCNCC1. The molecule has 1 aliphatic heterocycles. The summed E-state index contributed by atoms with van der Waals surface area (Å²) in [7, 11) is 0. The summed E-state index contributed by atoms with van der Waals surface area (Å²) in [6, 6.07) is 0. The Bertz CT molecular complexity index is 115. The van der Waals surface area contributed by atoms with Crippen molar-refractivity contribution in [2.75, 3.05) is 32.7 Å². The van der Waals surface area contributed by atoms with Gasteiger partial charge in [0.15, 0.2) is 0 Å². The standard InChI is InChI=1S/C9H17N2/c1-2-3-4-7-11-8-5-10-6-9-11/h2-3,10H,1,4-9H2. The molecule has 1 radical (unpaired) electrons. The van der Waals surface area contributed by atoms with Crippen LogP contribution in [0.2, 0.25) is 0 Å². The lowest BCUT2D eigenvalue weighted by atomic mass is 10.3. The number of rotatable bonds is 3. The van der Waals surface area contributed by atoms with Crippen LogP contribution in [0.5, 0.6) is 0 Å². The Morgan fingerprint density at radius 2 is 2.09 bits per heavy atom. The molecule has 0 bridgehead atoms. The molecule has 1 aliphatic rings. The van der Waals surface area contributed by atoms with Crippen molar-refractivity contribution in [2.45, 2.75) is 6.42 Å². The highest BCUT2D eigenvalue weighted by Crippen LogP contribution is 1.94. The van der Waals surface area contributed by atoms with Gasteiger partial charge in [0.2, 0.25) is 0 Å². The fraction of sp³-hybridized carbons (Fsp3) is 0.667. The van der Waals surface area contributed by atoms with E-state index >= 15 is 0 Å². The predicted molar refractivity (Wildman–Crippen MR) is 48.4 cm³/mol. The lowest BCUT2D eigenvalue weighted by Crippen LogP contribution is -2.43. The van der Waals surface area contributed by atoms with Gasteiger partial charge in [-0.15, -0.1) is 0 Å². The molecule has 0 aromatic carbocycles. The van der Waals surface area contributed by atoms with Gasteiger partial charge in [0.1, 0.15) is 0 Å². The van der Waals surface area contributed by atoms with Crippen molar-refractivity contribution >= 4 is 0 Å². The fourth-order valence-electron chi connectivity index (χ4n) is 1.31. The Labute approximate surface area is 69.3 Å². The van der Waals surface area contributed by atoms with E-state index in [1.54, 1.807) is 0 Å². The Hall–Kier alpha value is -0.340. The van der Waals surface area contributed by atoms with Gasteiger partial charge < -0.3 is 10.2 Å². The first-order valence-electron chi connectivity index (χ1n) is 4.31. The second-order valence-electron chi connectivity index (χ2n) is 2.85. The molecule has 0 atom stereocenters. The summed E-state index contributed by atoms with van der Waals surface area (Å²) in [6.07, 6.45) is 5.15. The van der Waals surface area contributed by atoms with Gasteiger partial charge in [0.05, 0.1) is 0 Å². The van der Waals surface area contributed by atoms with Gasteiger partial charge in [-0.3, -0.25) is 0 Å². The van der Waals surface area contributed by atoms with Crippen LogP contribution in [0.4, 0.5) is 0 Å². The third kappa shape index (κ3) is 3.54. The van der Waals surface area contributed by atoms with Crippen LogP contribution in [-0.2, 0) is 0 Å². The molecule has 0 saturated carbocycles. The molecule has 1 saturated heterocycles. The van der Waals surface area contributed by atoms with Crippen molar-refractivity contribution in [2.24, 2.45) is 0 Å². The Balaban J connectivity index is 2.04. The Morgan fingerprint density at radius 1 is 1.36 bits per heavy atom. The van der Waals surface area contributed by atoms with Gasteiger partial charge in [-0.2, -0.15) is 0 Å². The summed E-state index contributed by atoms with van der Waals surface area (Å²) in [5.41, 5.74) is 0. The second kappa shape index (κ2) is 5.33. The predicted octanol–water partition coefficient (Wildman–Crippen LogP) is 0.672. The molecule has 0 spiro atoms. The van der Waals surface area contributed by atoms with E-state index in [9.17, 15) is 0 Å². The number of nitrogens with zero attached hydrogens (tertiary/aromatic N) is 1. The molecule has 0 amide bonds. The van der Waals surface area contributed by atoms with Crippen molar-refractivity contribution in [3.63, 3.8) is 0 Å². The molecule has 0 aromatic heterocycles. The second-order valence-corrected chi connectivity index (χ2v) is 2.85. The minimum atomic E-state index is 1.14. The summed E-state index contributed by atoms with van der Waals surface area (Å²) in [4.78, 5) is 2.48. The molecule has 63 valence electrons. The topological polar surface area (TPSA) is 15.3 Å². The van der Waals surface area contributed by atoms with Crippen LogP contribution in [0.15, 0.2) is 12.2 Å². The Morgan fingerprint density at radius 3 is 2.73 bits per heavy atom. The number of nitrogens with one attached hydrogen (secondary N) is 1. The lowest BCUT2D eigenvalue weighted by molar-refractivity contribution is 0.245. The van der Waals surface area contributed by atoms with Crippen LogP contribution in [-0.4, -0.2) is 37.6 Å². The largest absolute Gasteiger partial charge is 0.314 e. The van der Waals surface area contributed by atoms with Gasteiger partial charge in [-0.1, -0.05) is 12.2 Å². The zero-order valence-corrected chi connectivity index (χ0v) is 7.05. The number of hydrogen-bond donors (Lipinski definition) is 1. The van der Waals surface area contributed by atoms with Gasteiger partial charge in [0, 0.05) is 32.7 Å². The maximum Gasteiger partial charge on any atom is 0.0107 e. The monoisotopic (exact) mass is 153 g/mol. The van der Waals surface area contributed by atoms with E-state index in [1.807, 2.05) is 6.08 Å². The van der Waals surface area contributed by atoms with E-state index in [-0.39, 0.29) is 0 Å². The van der Waals surface area contributed by atoms with Crippen LogP contribution in [0, 0.1) is 6.92 Å². The van der Waals surface area contributed by atoms with Crippen LogP contribution in [0.25, 0.3) is 0 Å². The summed E-state index contributed by atoms with van der Waals surface area (Å²) in [6.45, 7) is 9.54. The third-order valence-corrected chi connectivity index (χ3v) is 1.99. The van der Waals surface area contributed by atoms with Crippen molar-refractivity contribution < 1.29 is 0 Å². The average molecular weight is 153 g/mol.